The molecule has 2 aromatic heterocycles. The first kappa shape index (κ1) is 16.1. The van der Waals surface area contributed by atoms with Crippen molar-refractivity contribution in [2.24, 2.45) is 0 Å². The summed E-state index contributed by atoms with van der Waals surface area (Å²) in [6.07, 6.45) is 1.90. The van der Waals surface area contributed by atoms with Crippen LogP contribution < -0.4 is 9.47 Å². The maximum atomic E-state index is 13.5. The van der Waals surface area contributed by atoms with E-state index in [0.717, 1.165) is 16.7 Å². The van der Waals surface area contributed by atoms with Crippen molar-refractivity contribution in [3.8, 4) is 34.0 Å². The van der Waals surface area contributed by atoms with Crippen LogP contribution >= 0.6 is 0 Å². The molecule has 0 unspecified atom stereocenters. The number of pyridine rings is 1. The van der Waals surface area contributed by atoms with E-state index in [1.807, 2.05) is 47.0 Å². The minimum atomic E-state index is -0.272. The normalized spacial score (nSPS) is 10.9. The number of nitrogens with zero attached hydrogens (tertiary/aromatic N) is 3. The summed E-state index contributed by atoms with van der Waals surface area (Å²) in [6.45, 7) is 0. The standard InChI is InChI=1S/C20H16FN3O2/c1-25-17-8-6-14(11-18(17)26-2)20-23-22-19-9-7-15(12-24(19)20)13-4-3-5-16(21)10-13/h3-12H,1-2H3. The SMILES string of the molecule is COc1ccc(-c2nnc3ccc(-c4cccc(F)c4)cn23)cc1OC. The van der Waals surface area contributed by atoms with Gasteiger partial charge >= 0.3 is 0 Å². The van der Waals surface area contributed by atoms with E-state index < -0.39 is 0 Å². The van der Waals surface area contributed by atoms with Crippen LogP contribution in [0.15, 0.2) is 60.8 Å². The van der Waals surface area contributed by atoms with Gasteiger partial charge in [0.15, 0.2) is 23.0 Å². The summed E-state index contributed by atoms with van der Waals surface area (Å²) in [4.78, 5) is 0. The van der Waals surface area contributed by atoms with E-state index in [4.69, 9.17) is 9.47 Å². The van der Waals surface area contributed by atoms with Gasteiger partial charge in [0.25, 0.3) is 0 Å². The monoisotopic (exact) mass is 349 g/mol. The van der Waals surface area contributed by atoms with Crippen LogP contribution in [0.1, 0.15) is 0 Å². The van der Waals surface area contributed by atoms with E-state index in [9.17, 15) is 4.39 Å². The molecule has 0 N–H and O–H groups in total. The van der Waals surface area contributed by atoms with Gasteiger partial charge in [0.1, 0.15) is 5.82 Å². The lowest BCUT2D eigenvalue weighted by Gasteiger charge is -2.09. The molecule has 0 bridgehead atoms. The number of methoxy groups -OCH3 is 2. The number of halogens is 1. The van der Waals surface area contributed by atoms with Gasteiger partial charge in [-0.15, -0.1) is 10.2 Å². The first-order valence-corrected chi connectivity index (χ1v) is 8.03. The van der Waals surface area contributed by atoms with Crippen LogP contribution in [0.3, 0.4) is 0 Å². The summed E-state index contributed by atoms with van der Waals surface area (Å²) in [5.74, 6) is 1.65. The molecule has 0 spiro atoms. The Bertz CT molecular complexity index is 1090. The van der Waals surface area contributed by atoms with Crippen molar-refractivity contribution >= 4 is 5.65 Å². The Morgan fingerprint density at radius 3 is 2.38 bits per heavy atom. The molecular formula is C20H16FN3O2. The first-order chi connectivity index (χ1) is 12.7. The molecule has 0 amide bonds. The number of hydrogen-bond donors (Lipinski definition) is 0. The minimum absolute atomic E-state index is 0.272. The summed E-state index contributed by atoms with van der Waals surface area (Å²) in [5.41, 5.74) is 3.21. The average molecular weight is 349 g/mol. The number of ether oxygens (including phenoxy) is 2. The van der Waals surface area contributed by atoms with Crippen molar-refractivity contribution < 1.29 is 13.9 Å². The van der Waals surface area contributed by atoms with Crippen molar-refractivity contribution in [3.05, 3.63) is 66.6 Å². The van der Waals surface area contributed by atoms with Crippen LogP contribution in [0.5, 0.6) is 11.5 Å². The summed E-state index contributed by atoms with van der Waals surface area (Å²) < 4.78 is 26.1. The second-order valence-electron chi connectivity index (χ2n) is 5.75. The second kappa shape index (κ2) is 6.48. The van der Waals surface area contributed by atoms with Crippen molar-refractivity contribution in [1.29, 1.82) is 0 Å². The topological polar surface area (TPSA) is 48.7 Å². The molecule has 0 fully saturated rings. The number of fused-ring (bicyclic) bond motifs is 1. The van der Waals surface area contributed by atoms with Crippen molar-refractivity contribution in [2.45, 2.75) is 0 Å². The lowest BCUT2D eigenvalue weighted by atomic mass is 10.1. The van der Waals surface area contributed by atoms with Crippen molar-refractivity contribution in [3.63, 3.8) is 0 Å². The highest BCUT2D eigenvalue weighted by Gasteiger charge is 2.12. The van der Waals surface area contributed by atoms with E-state index in [1.54, 1.807) is 20.3 Å². The van der Waals surface area contributed by atoms with E-state index in [1.165, 1.54) is 12.1 Å². The van der Waals surface area contributed by atoms with E-state index in [0.29, 0.717) is 23.0 Å². The molecule has 0 atom stereocenters. The summed E-state index contributed by atoms with van der Waals surface area (Å²) in [7, 11) is 3.18. The van der Waals surface area contributed by atoms with Crippen LogP contribution in [0.4, 0.5) is 4.39 Å². The minimum Gasteiger partial charge on any atom is -0.493 e. The fourth-order valence-corrected chi connectivity index (χ4v) is 2.90. The van der Waals surface area contributed by atoms with Crippen molar-refractivity contribution in [2.75, 3.05) is 14.2 Å². The number of rotatable bonds is 4. The maximum absolute atomic E-state index is 13.5. The molecule has 0 aliphatic heterocycles. The Labute approximate surface area is 149 Å². The van der Waals surface area contributed by atoms with E-state index in [-0.39, 0.29) is 5.82 Å². The highest BCUT2D eigenvalue weighted by atomic mass is 19.1. The van der Waals surface area contributed by atoms with Gasteiger partial charge in [0, 0.05) is 11.8 Å². The fourth-order valence-electron chi connectivity index (χ4n) is 2.90. The van der Waals surface area contributed by atoms with Gasteiger partial charge in [-0.05, 0) is 53.6 Å². The quantitative estimate of drug-likeness (QED) is 0.553. The Hall–Kier alpha value is -3.41. The molecule has 5 nitrogen and oxygen atoms in total. The molecule has 0 aliphatic rings. The number of benzene rings is 2. The first-order valence-electron chi connectivity index (χ1n) is 8.03. The molecule has 4 aromatic rings. The summed E-state index contributed by atoms with van der Waals surface area (Å²) in [5, 5.41) is 8.50. The molecule has 4 rings (SSSR count). The smallest absolute Gasteiger partial charge is 0.168 e. The Morgan fingerprint density at radius 1 is 0.808 bits per heavy atom. The lowest BCUT2D eigenvalue weighted by Crippen LogP contribution is -1.94. The van der Waals surface area contributed by atoms with Gasteiger partial charge in [-0.3, -0.25) is 4.40 Å². The highest BCUT2D eigenvalue weighted by molar-refractivity contribution is 5.68. The van der Waals surface area contributed by atoms with Crippen LogP contribution in [0, 0.1) is 5.82 Å². The molecule has 2 heterocycles. The number of aromatic nitrogens is 3. The molecular weight excluding hydrogens is 333 g/mol. The maximum Gasteiger partial charge on any atom is 0.168 e. The van der Waals surface area contributed by atoms with Crippen molar-refractivity contribution in [1.82, 2.24) is 14.6 Å². The Balaban J connectivity index is 1.85. The molecule has 0 saturated carbocycles. The molecule has 2 aromatic carbocycles. The van der Waals surface area contributed by atoms with Crippen LogP contribution in [-0.4, -0.2) is 28.8 Å². The zero-order valence-electron chi connectivity index (χ0n) is 14.3. The molecule has 26 heavy (non-hydrogen) atoms. The van der Waals surface area contributed by atoms with Gasteiger partial charge in [-0.1, -0.05) is 12.1 Å². The third-order valence-corrected chi connectivity index (χ3v) is 4.20. The molecule has 0 saturated heterocycles. The van der Waals surface area contributed by atoms with Gasteiger partial charge in [0.05, 0.1) is 14.2 Å². The Kier molecular flexibility index (Phi) is 4.01. The van der Waals surface area contributed by atoms with Gasteiger partial charge in [-0.25, -0.2) is 4.39 Å². The zero-order valence-corrected chi connectivity index (χ0v) is 14.3. The van der Waals surface area contributed by atoms with Crippen LogP contribution in [0.25, 0.3) is 28.2 Å². The predicted molar refractivity (Wildman–Crippen MR) is 96.9 cm³/mol. The molecule has 0 aliphatic carbocycles. The van der Waals surface area contributed by atoms with E-state index >= 15 is 0 Å². The summed E-state index contributed by atoms with van der Waals surface area (Å²) in [6, 6.07) is 15.8. The largest absolute Gasteiger partial charge is 0.493 e. The average Bonchev–Trinajstić information content (AvgIpc) is 3.10. The number of hydrogen-bond acceptors (Lipinski definition) is 4. The predicted octanol–water partition coefficient (Wildman–Crippen LogP) is 4.22. The molecule has 130 valence electrons. The fraction of sp³-hybridized carbons (Fsp3) is 0.100. The lowest BCUT2D eigenvalue weighted by molar-refractivity contribution is 0.355. The summed E-state index contributed by atoms with van der Waals surface area (Å²) >= 11 is 0. The van der Waals surface area contributed by atoms with Gasteiger partial charge in [0.2, 0.25) is 0 Å². The second-order valence-corrected chi connectivity index (χ2v) is 5.75. The van der Waals surface area contributed by atoms with Gasteiger partial charge < -0.3 is 9.47 Å². The Morgan fingerprint density at radius 2 is 1.62 bits per heavy atom. The highest BCUT2D eigenvalue weighted by Crippen LogP contribution is 2.32. The molecule has 0 radical (unpaired) electrons. The zero-order chi connectivity index (χ0) is 18.1. The third-order valence-electron chi connectivity index (χ3n) is 4.20. The van der Waals surface area contributed by atoms with E-state index in [2.05, 4.69) is 10.2 Å². The molecule has 6 heteroatoms. The van der Waals surface area contributed by atoms with Crippen LogP contribution in [-0.2, 0) is 0 Å². The third kappa shape index (κ3) is 2.75. The van der Waals surface area contributed by atoms with Gasteiger partial charge in [-0.2, -0.15) is 0 Å². The van der Waals surface area contributed by atoms with Crippen LogP contribution in [0.2, 0.25) is 0 Å².